The molecule has 0 saturated heterocycles. The van der Waals surface area contributed by atoms with E-state index in [1.54, 1.807) is 12.1 Å². The predicted octanol–water partition coefficient (Wildman–Crippen LogP) is 3.92. The second-order valence-electron chi connectivity index (χ2n) is 5.24. The van der Waals surface area contributed by atoms with Crippen molar-refractivity contribution in [3.05, 3.63) is 64.4 Å². The lowest BCUT2D eigenvalue weighted by Gasteiger charge is -2.10. The van der Waals surface area contributed by atoms with Gasteiger partial charge in [-0.05, 0) is 49.2 Å². The molecular formula is C18H21ClFNO2. The minimum Gasteiger partial charge on any atom is -0.489 e. The molecule has 2 aromatic carbocycles. The van der Waals surface area contributed by atoms with Crippen LogP contribution in [-0.2, 0) is 13.2 Å². The molecule has 0 saturated carbocycles. The Kier molecular flexibility index (Phi) is 7.33. The van der Waals surface area contributed by atoms with Gasteiger partial charge in [-0.25, -0.2) is 4.39 Å². The molecule has 3 nitrogen and oxygen atoms in total. The molecule has 0 spiro atoms. The lowest BCUT2D eigenvalue weighted by Crippen LogP contribution is -2.15. The van der Waals surface area contributed by atoms with Crippen molar-refractivity contribution in [2.45, 2.75) is 26.0 Å². The fourth-order valence-electron chi connectivity index (χ4n) is 2.17. The van der Waals surface area contributed by atoms with E-state index in [-0.39, 0.29) is 19.0 Å². The maximum absolute atomic E-state index is 13.7. The summed E-state index contributed by atoms with van der Waals surface area (Å²) < 4.78 is 19.4. The summed E-state index contributed by atoms with van der Waals surface area (Å²) >= 11 is 5.99. The largest absolute Gasteiger partial charge is 0.489 e. The lowest BCUT2D eigenvalue weighted by molar-refractivity contribution is 0.283. The molecule has 2 aromatic rings. The highest BCUT2D eigenvalue weighted by Crippen LogP contribution is 2.22. The third-order valence-electron chi connectivity index (χ3n) is 3.43. The Hall–Kier alpha value is -1.62. The van der Waals surface area contributed by atoms with Crippen LogP contribution >= 0.6 is 11.6 Å². The number of benzene rings is 2. The van der Waals surface area contributed by atoms with E-state index in [1.165, 1.54) is 6.07 Å². The Morgan fingerprint density at radius 2 is 1.96 bits per heavy atom. The average Bonchev–Trinajstić information content (AvgIpc) is 2.55. The molecular weight excluding hydrogens is 317 g/mol. The molecule has 0 amide bonds. The highest BCUT2D eigenvalue weighted by molar-refractivity contribution is 6.31. The first-order valence-electron chi connectivity index (χ1n) is 7.67. The molecule has 2 N–H and O–H groups in total. The zero-order valence-electron chi connectivity index (χ0n) is 12.9. The monoisotopic (exact) mass is 337 g/mol. The van der Waals surface area contributed by atoms with Crippen LogP contribution in [0.25, 0.3) is 0 Å². The fourth-order valence-corrected chi connectivity index (χ4v) is 2.38. The van der Waals surface area contributed by atoms with Crippen LogP contribution in [0.3, 0.4) is 0 Å². The molecule has 0 atom stereocenters. The van der Waals surface area contributed by atoms with Crippen molar-refractivity contribution in [1.29, 1.82) is 0 Å². The van der Waals surface area contributed by atoms with Gasteiger partial charge in [0.05, 0.1) is 5.02 Å². The second-order valence-corrected chi connectivity index (χ2v) is 5.65. The summed E-state index contributed by atoms with van der Waals surface area (Å²) in [5, 5.41) is 12.4. The number of nitrogens with one attached hydrogen (secondary N) is 1. The van der Waals surface area contributed by atoms with Crippen molar-refractivity contribution >= 4 is 11.6 Å². The van der Waals surface area contributed by atoms with Gasteiger partial charge in [0, 0.05) is 18.7 Å². The van der Waals surface area contributed by atoms with Gasteiger partial charge in [-0.1, -0.05) is 29.8 Å². The summed E-state index contributed by atoms with van der Waals surface area (Å²) in [5.74, 6) is 0.318. The van der Waals surface area contributed by atoms with Gasteiger partial charge in [0.25, 0.3) is 0 Å². The minimum atomic E-state index is -0.362. The number of hydrogen-bond acceptors (Lipinski definition) is 3. The number of aliphatic hydroxyl groups excluding tert-OH is 1. The fraction of sp³-hybridized carbons (Fsp3) is 0.333. The molecule has 0 aromatic heterocycles. The minimum absolute atomic E-state index is 0.0961. The summed E-state index contributed by atoms with van der Waals surface area (Å²) in [7, 11) is 0. The van der Waals surface area contributed by atoms with Crippen LogP contribution in [0, 0.1) is 5.82 Å². The van der Waals surface area contributed by atoms with E-state index in [1.807, 2.05) is 24.3 Å². The highest BCUT2D eigenvalue weighted by atomic mass is 35.5. The van der Waals surface area contributed by atoms with E-state index < -0.39 is 0 Å². The normalized spacial score (nSPS) is 10.7. The second kappa shape index (κ2) is 9.50. The number of aliphatic hydroxyl groups is 1. The Morgan fingerprint density at radius 3 is 2.74 bits per heavy atom. The Morgan fingerprint density at radius 1 is 1.13 bits per heavy atom. The van der Waals surface area contributed by atoms with Crippen LogP contribution in [0.5, 0.6) is 5.75 Å². The van der Waals surface area contributed by atoms with Gasteiger partial charge in [-0.3, -0.25) is 0 Å². The average molecular weight is 338 g/mol. The number of halogens is 2. The van der Waals surface area contributed by atoms with Gasteiger partial charge >= 0.3 is 0 Å². The van der Waals surface area contributed by atoms with Crippen LogP contribution in [0.15, 0.2) is 42.5 Å². The van der Waals surface area contributed by atoms with Gasteiger partial charge in [-0.15, -0.1) is 0 Å². The molecule has 0 unspecified atom stereocenters. The van der Waals surface area contributed by atoms with Crippen LogP contribution in [0.2, 0.25) is 5.02 Å². The molecule has 5 heteroatoms. The van der Waals surface area contributed by atoms with Crippen molar-refractivity contribution in [3.8, 4) is 5.75 Å². The van der Waals surface area contributed by atoms with Crippen molar-refractivity contribution in [2.75, 3.05) is 13.2 Å². The van der Waals surface area contributed by atoms with Crippen molar-refractivity contribution in [3.63, 3.8) is 0 Å². The summed E-state index contributed by atoms with van der Waals surface area (Å²) in [4.78, 5) is 0. The van der Waals surface area contributed by atoms with E-state index in [9.17, 15) is 4.39 Å². The Balaban J connectivity index is 1.87. The molecule has 0 aliphatic carbocycles. The quantitative estimate of drug-likeness (QED) is 0.681. The van der Waals surface area contributed by atoms with Crippen molar-refractivity contribution in [2.24, 2.45) is 0 Å². The maximum Gasteiger partial charge on any atom is 0.131 e. The van der Waals surface area contributed by atoms with Gasteiger partial charge in [0.2, 0.25) is 0 Å². The molecule has 0 aliphatic rings. The number of unbranched alkanes of at least 4 members (excludes halogenated alkanes) is 1. The lowest BCUT2D eigenvalue weighted by atomic mass is 10.2. The van der Waals surface area contributed by atoms with Gasteiger partial charge in [0.1, 0.15) is 18.2 Å². The van der Waals surface area contributed by atoms with E-state index in [0.29, 0.717) is 16.3 Å². The smallest absolute Gasteiger partial charge is 0.131 e. The third-order valence-corrected chi connectivity index (χ3v) is 3.79. The van der Waals surface area contributed by atoms with Crippen LogP contribution in [-0.4, -0.2) is 18.3 Å². The van der Waals surface area contributed by atoms with Crippen LogP contribution < -0.4 is 10.1 Å². The first-order valence-corrected chi connectivity index (χ1v) is 8.04. The van der Waals surface area contributed by atoms with E-state index in [0.717, 1.165) is 31.5 Å². The summed E-state index contributed by atoms with van der Waals surface area (Å²) in [6.07, 6.45) is 1.75. The molecule has 23 heavy (non-hydrogen) atoms. The number of hydrogen-bond donors (Lipinski definition) is 2. The first-order chi connectivity index (χ1) is 11.2. The van der Waals surface area contributed by atoms with Gasteiger partial charge in [-0.2, -0.15) is 0 Å². The Labute approximate surface area is 141 Å². The molecule has 0 bridgehead atoms. The molecule has 2 rings (SSSR count). The molecule has 0 fully saturated rings. The Bertz CT molecular complexity index is 601. The SMILES string of the molecule is OCCCCNCc1cccc(OCc2c(F)cccc2Cl)c1. The number of rotatable bonds is 9. The van der Waals surface area contributed by atoms with Gasteiger partial charge < -0.3 is 15.2 Å². The van der Waals surface area contributed by atoms with Gasteiger partial charge in [0.15, 0.2) is 0 Å². The standard InChI is InChI=1S/C18H21ClFNO2/c19-17-7-4-8-18(20)16(17)13-23-15-6-3-5-14(11-15)12-21-9-1-2-10-22/h3-8,11,21-22H,1-2,9-10,12-13H2. The van der Waals surface area contributed by atoms with E-state index in [2.05, 4.69) is 5.32 Å². The number of ether oxygens (including phenoxy) is 1. The zero-order chi connectivity index (χ0) is 16.5. The van der Waals surface area contributed by atoms with Crippen LogP contribution in [0.1, 0.15) is 24.0 Å². The van der Waals surface area contributed by atoms with E-state index >= 15 is 0 Å². The van der Waals surface area contributed by atoms with Crippen molar-refractivity contribution < 1.29 is 14.2 Å². The zero-order valence-corrected chi connectivity index (χ0v) is 13.7. The third kappa shape index (κ3) is 5.82. The summed E-state index contributed by atoms with van der Waals surface area (Å²) in [6.45, 7) is 1.90. The topological polar surface area (TPSA) is 41.5 Å². The molecule has 0 heterocycles. The van der Waals surface area contributed by atoms with Crippen molar-refractivity contribution in [1.82, 2.24) is 5.32 Å². The highest BCUT2D eigenvalue weighted by Gasteiger charge is 2.07. The first kappa shape index (κ1) is 17.7. The molecule has 0 aliphatic heterocycles. The molecule has 124 valence electrons. The predicted molar refractivity (Wildman–Crippen MR) is 90.2 cm³/mol. The molecule has 0 radical (unpaired) electrons. The van der Waals surface area contributed by atoms with E-state index in [4.69, 9.17) is 21.4 Å². The maximum atomic E-state index is 13.7. The summed E-state index contributed by atoms with van der Waals surface area (Å²) in [6, 6.07) is 12.3. The summed E-state index contributed by atoms with van der Waals surface area (Å²) in [5.41, 5.74) is 1.45. The van der Waals surface area contributed by atoms with Crippen LogP contribution in [0.4, 0.5) is 4.39 Å².